The molecule has 0 spiro atoms. The quantitative estimate of drug-likeness (QED) is 0.886. The molecule has 0 amide bonds. The number of thiazole rings is 1. The van der Waals surface area contributed by atoms with Crippen molar-refractivity contribution < 1.29 is 0 Å². The van der Waals surface area contributed by atoms with E-state index in [9.17, 15) is 0 Å². The minimum atomic E-state index is 0.689. The molecule has 0 aliphatic rings. The normalized spacial score (nSPS) is 10.6. The first kappa shape index (κ1) is 14.7. The lowest BCUT2D eigenvalue weighted by atomic mass is 10.3. The molecule has 2 aromatic heterocycles. The van der Waals surface area contributed by atoms with Gasteiger partial charge in [0, 0.05) is 30.7 Å². The molecule has 6 heteroatoms. The van der Waals surface area contributed by atoms with Crippen molar-refractivity contribution >= 4 is 23.1 Å². The summed E-state index contributed by atoms with van der Waals surface area (Å²) >= 11 is 1.68. The van der Waals surface area contributed by atoms with Gasteiger partial charge in [0.25, 0.3) is 0 Å². The Morgan fingerprint density at radius 1 is 1.30 bits per heavy atom. The molecular formula is C14H21N5S. The second-order valence-electron chi connectivity index (χ2n) is 4.84. The molecule has 0 fully saturated rings. The summed E-state index contributed by atoms with van der Waals surface area (Å²) < 4.78 is 0. The van der Waals surface area contributed by atoms with E-state index in [1.54, 1.807) is 11.3 Å². The molecule has 1 N–H and O–H groups in total. The number of aryl methyl sites for hydroxylation is 2. The summed E-state index contributed by atoms with van der Waals surface area (Å²) in [6.45, 7) is 7.82. The molecule has 2 aromatic rings. The highest BCUT2D eigenvalue weighted by Crippen LogP contribution is 2.19. The number of nitrogens with zero attached hydrogens (tertiary/aromatic N) is 4. The second-order valence-corrected chi connectivity index (χ2v) is 5.90. The fourth-order valence-electron chi connectivity index (χ4n) is 1.94. The lowest BCUT2D eigenvalue weighted by Gasteiger charge is -2.19. The summed E-state index contributed by atoms with van der Waals surface area (Å²) in [6, 6.07) is 0. The third kappa shape index (κ3) is 3.66. The van der Waals surface area contributed by atoms with Crippen molar-refractivity contribution in [3.63, 3.8) is 0 Å². The van der Waals surface area contributed by atoms with Gasteiger partial charge in [-0.1, -0.05) is 6.92 Å². The Labute approximate surface area is 124 Å². The molecule has 0 aliphatic heterocycles. The Balaban J connectivity index is 2.13. The first-order valence-corrected chi connectivity index (χ1v) is 7.67. The standard InChI is InChI=1S/C14H21N5S/c1-5-6-15-14-16-7-10(2)13(18-14)19(4)8-12-9-20-11(3)17-12/h7,9H,5-6,8H2,1-4H3,(H,15,16,18). The third-order valence-electron chi connectivity index (χ3n) is 2.91. The number of hydrogen-bond donors (Lipinski definition) is 1. The van der Waals surface area contributed by atoms with Gasteiger partial charge in [-0.25, -0.2) is 9.97 Å². The SMILES string of the molecule is CCCNc1ncc(C)c(N(C)Cc2csc(C)n2)n1. The van der Waals surface area contributed by atoms with E-state index in [0.29, 0.717) is 5.95 Å². The van der Waals surface area contributed by atoms with Gasteiger partial charge in [-0.2, -0.15) is 4.98 Å². The largest absolute Gasteiger partial charge is 0.354 e. The van der Waals surface area contributed by atoms with Crippen LogP contribution in [0.1, 0.15) is 29.6 Å². The van der Waals surface area contributed by atoms with E-state index in [1.165, 1.54) is 0 Å². The van der Waals surface area contributed by atoms with Crippen LogP contribution in [-0.2, 0) is 6.54 Å². The van der Waals surface area contributed by atoms with Crippen LogP contribution in [0.15, 0.2) is 11.6 Å². The van der Waals surface area contributed by atoms with E-state index in [-0.39, 0.29) is 0 Å². The summed E-state index contributed by atoms with van der Waals surface area (Å²) in [5, 5.41) is 6.41. The fraction of sp³-hybridized carbons (Fsp3) is 0.500. The van der Waals surface area contributed by atoms with Crippen LogP contribution in [0, 0.1) is 13.8 Å². The van der Waals surface area contributed by atoms with Crippen LogP contribution in [-0.4, -0.2) is 28.5 Å². The maximum atomic E-state index is 4.59. The molecule has 0 bridgehead atoms. The van der Waals surface area contributed by atoms with Gasteiger partial charge in [-0.15, -0.1) is 11.3 Å². The van der Waals surface area contributed by atoms with E-state index in [4.69, 9.17) is 0 Å². The summed E-state index contributed by atoms with van der Waals surface area (Å²) in [5.74, 6) is 1.64. The Kier molecular flexibility index (Phi) is 4.89. The maximum Gasteiger partial charge on any atom is 0.224 e. The Morgan fingerprint density at radius 3 is 2.75 bits per heavy atom. The number of anilines is 2. The highest BCUT2D eigenvalue weighted by atomic mass is 32.1. The molecule has 0 unspecified atom stereocenters. The third-order valence-corrected chi connectivity index (χ3v) is 3.73. The molecular weight excluding hydrogens is 270 g/mol. The van der Waals surface area contributed by atoms with Crippen LogP contribution in [0.4, 0.5) is 11.8 Å². The molecule has 0 radical (unpaired) electrons. The smallest absolute Gasteiger partial charge is 0.224 e. The Morgan fingerprint density at radius 2 is 2.10 bits per heavy atom. The second kappa shape index (κ2) is 6.65. The van der Waals surface area contributed by atoms with Gasteiger partial charge in [0.15, 0.2) is 0 Å². The molecule has 0 atom stereocenters. The molecule has 0 saturated heterocycles. The zero-order valence-corrected chi connectivity index (χ0v) is 13.3. The first-order chi connectivity index (χ1) is 9.60. The van der Waals surface area contributed by atoms with Crippen LogP contribution in [0.25, 0.3) is 0 Å². The van der Waals surface area contributed by atoms with Crippen molar-refractivity contribution in [2.45, 2.75) is 33.7 Å². The lowest BCUT2D eigenvalue weighted by molar-refractivity contribution is 0.855. The van der Waals surface area contributed by atoms with Crippen molar-refractivity contribution in [3.05, 3.63) is 27.8 Å². The van der Waals surface area contributed by atoms with Crippen LogP contribution < -0.4 is 10.2 Å². The average Bonchev–Trinajstić information content (AvgIpc) is 2.83. The Hall–Kier alpha value is -1.69. The molecule has 108 valence electrons. The highest BCUT2D eigenvalue weighted by Gasteiger charge is 2.10. The zero-order valence-electron chi connectivity index (χ0n) is 12.5. The molecule has 0 aromatic carbocycles. The lowest BCUT2D eigenvalue weighted by Crippen LogP contribution is -2.20. The van der Waals surface area contributed by atoms with Crippen molar-refractivity contribution in [2.75, 3.05) is 23.8 Å². The van der Waals surface area contributed by atoms with Gasteiger partial charge >= 0.3 is 0 Å². The van der Waals surface area contributed by atoms with Crippen molar-refractivity contribution in [2.24, 2.45) is 0 Å². The van der Waals surface area contributed by atoms with E-state index in [1.807, 2.05) is 27.1 Å². The van der Waals surface area contributed by atoms with Gasteiger partial charge in [0.1, 0.15) is 5.82 Å². The first-order valence-electron chi connectivity index (χ1n) is 6.79. The minimum Gasteiger partial charge on any atom is -0.354 e. The predicted molar refractivity (Wildman–Crippen MR) is 84.5 cm³/mol. The van der Waals surface area contributed by atoms with Crippen LogP contribution in [0.5, 0.6) is 0 Å². The molecule has 20 heavy (non-hydrogen) atoms. The minimum absolute atomic E-state index is 0.689. The number of hydrogen-bond acceptors (Lipinski definition) is 6. The Bertz CT molecular complexity index is 566. The van der Waals surface area contributed by atoms with E-state index < -0.39 is 0 Å². The summed E-state index contributed by atoms with van der Waals surface area (Å²) in [6.07, 6.45) is 2.92. The topological polar surface area (TPSA) is 53.9 Å². The zero-order chi connectivity index (χ0) is 14.5. The van der Waals surface area contributed by atoms with Gasteiger partial charge < -0.3 is 10.2 Å². The summed E-state index contributed by atoms with van der Waals surface area (Å²) in [5.41, 5.74) is 2.15. The van der Waals surface area contributed by atoms with Crippen molar-refractivity contribution in [3.8, 4) is 0 Å². The molecule has 0 aliphatic carbocycles. The van der Waals surface area contributed by atoms with E-state index in [0.717, 1.165) is 41.6 Å². The van der Waals surface area contributed by atoms with Crippen LogP contribution >= 0.6 is 11.3 Å². The monoisotopic (exact) mass is 291 g/mol. The van der Waals surface area contributed by atoms with Gasteiger partial charge in [0.2, 0.25) is 5.95 Å². The van der Waals surface area contributed by atoms with E-state index >= 15 is 0 Å². The van der Waals surface area contributed by atoms with Gasteiger partial charge in [-0.3, -0.25) is 0 Å². The number of nitrogens with one attached hydrogen (secondary N) is 1. The molecule has 0 saturated carbocycles. The number of rotatable bonds is 6. The number of aromatic nitrogens is 3. The van der Waals surface area contributed by atoms with Crippen molar-refractivity contribution in [1.29, 1.82) is 0 Å². The fourth-order valence-corrected chi connectivity index (χ4v) is 2.54. The summed E-state index contributed by atoms with van der Waals surface area (Å²) in [7, 11) is 2.04. The van der Waals surface area contributed by atoms with Gasteiger partial charge in [-0.05, 0) is 20.3 Å². The van der Waals surface area contributed by atoms with Gasteiger partial charge in [0.05, 0.1) is 17.2 Å². The highest BCUT2D eigenvalue weighted by molar-refractivity contribution is 7.09. The van der Waals surface area contributed by atoms with Crippen LogP contribution in [0.3, 0.4) is 0 Å². The van der Waals surface area contributed by atoms with Crippen molar-refractivity contribution in [1.82, 2.24) is 15.0 Å². The van der Waals surface area contributed by atoms with E-state index in [2.05, 4.69) is 37.5 Å². The maximum absolute atomic E-state index is 4.59. The van der Waals surface area contributed by atoms with Crippen LogP contribution in [0.2, 0.25) is 0 Å². The molecule has 5 nitrogen and oxygen atoms in total. The molecule has 2 heterocycles. The molecule has 2 rings (SSSR count). The summed E-state index contributed by atoms with van der Waals surface area (Å²) in [4.78, 5) is 15.5. The average molecular weight is 291 g/mol. The predicted octanol–water partition coefficient (Wildman–Crippen LogP) is 3.01.